The van der Waals surface area contributed by atoms with Gasteiger partial charge in [-0.3, -0.25) is 14.4 Å². The summed E-state index contributed by atoms with van der Waals surface area (Å²) in [5, 5.41) is 2.50. The van der Waals surface area contributed by atoms with Gasteiger partial charge in [0.05, 0.1) is 11.3 Å². The predicted octanol–water partition coefficient (Wildman–Crippen LogP) is 2.16. The summed E-state index contributed by atoms with van der Waals surface area (Å²) in [7, 11) is -0.856. The molecule has 1 aliphatic rings. The van der Waals surface area contributed by atoms with Crippen LogP contribution in [0.3, 0.4) is 0 Å². The summed E-state index contributed by atoms with van der Waals surface area (Å²) in [5.74, 6) is -0.570. The molecule has 10 nitrogen and oxygen atoms in total. The molecule has 34 heavy (non-hydrogen) atoms. The van der Waals surface area contributed by atoms with Crippen LogP contribution in [0.15, 0.2) is 41.3 Å². The number of Topliss-reactive ketones (excluding diaryl/α,β-unsaturated/α-hetero) is 1. The molecule has 182 valence electrons. The Kier molecular flexibility index (Phi) is 7.90. The average Bonchev–Trinajstić information content (AvgIpc) is 2.81. The number of fused-ring (bicyclic) bond motifs is 1. The predicted molar refractivity (Wildman–Crippen MR) is 123 cm³/mol. The van der Waals surface area contributed by atoms with Crippen molar-refractivity contribution >= 4 is 33.4 Å². The Balaban J connectivity index is 1.49. The van der Waals surface area contributed by atoms with Crippen LogP contribution in [0.1, 0.15) is 28.8 Å². The highest BCUT2D eigenvalue weighted by Gasteiger charge is 2.21. The molecule has 0 bridgehead atoms. The number of amides is 1. The Labute approximate surface area is 197 Å². The molecular formula is C23H26N2O8S. The van der Waals surface area contributed by atoms with Gasteiger partial charge in [0.2, 0.25) is 10.0 Å². The number of anilines is 1. The molecule has 3 rings (SSSR count). The van der Waals surface area contributed by atoms with Gasteiger partial charge in [0, 0.05) is 31.8 Å². The number of esters is 1. The van der Waals surface area contributed by atoms with E-state index in [1.54, 1.807) is 37.3 Å². The van der Waals surface area contributed by atoms with Crippen molar-refractivity contribution in [3.63, 3.8) is 0 Å². The largest absolute Gasteiger partial charge is 0.486 e. The van der Waals surface area contributed by atoms with E-state index in [0.717, 1.165) is 4.31 Å². The van der Waals surface area contributed by atoms with Crippen LogP contribution in [0.4, 0.5) is 5.69 Å². The minimum atomic E-state index is -3.69. The number of carbonyl (C=O) groups is 3. The highest BCUT2D eigenvalue weighted by Crippen LogP contribution is 2.31. The molecule has 0 saturated carbocycles. The van der Waals surface area contributed by atoms with Gasteiger partial charge < -0.3 is 19.5 Å². The third-order valence-corrected chi connectivity index (χ3v) is 6.97. The van der Waals surface area contributed by atoms with Gasteiger partial charge in [0.25, 0.3) is 5.91 Å². The topological polar surface area (TPSA) is 128 Å². The first-order chi connectivity index (χ1) is 16.1. The van der Waals surface area contributed by atoms with E-state index in [1.165, 1.54) is 20.2 Å². The van der Waals surface area contributed by atoms with Crippen LogP contribution in [-0.2, 0) is 24.3 Å². The number of hydrogen-bond donors (Lipinski definition) is 1. The van der Waals surface area contributed by atoms with E-state index in [0.29, 0.717) is 35.8 Å². The normalized spacial score (nSPS) is 12.8. The standard InChI is InChI=1S/C23H26N2O8S/c1-15-4-6-17(13-21(15)34(29,30)25(2)3)24-22(27)14-33-23(28)9-7-18(26)16-5-8-19-20(12-16)32-11-10-31-19/h4-6,8,12-13H,7,9-11,14H2,1-3H3,(H,24,27). The third-order valence-electron chi connectivity index (χ3n) is 5.02. The minimum Gasteiger partial charge on any atom is -0.486 e. The summed E-state index contributed by atoms with van der Waals surface area (Å²) in [5.41, 5.74) is 1.17. The Morgan fingerprint density at radius 3 is 2.41 bits per heavy atom. The van der Waals surface area contributed by atoms with Gasteiger partial charge in [0.1, 0.15) is 13.2 Å². The van der Waals surface area contributed by atoms with Crippen LogP contribution in [0.5, 0.6) is 11.5 Å². The fraction of sp³-hybridized carbons (Fsp3) is 0.348. The molecule has 2 aromatic rings. The molecule has 0 atom stereocenters. The Hall–Kier alpha value is -3.44. The Morgan fingerprint density at radius 1 is 1.00 bits per heavy atom. The van der Waals surface area contributed by atoms with Crippen molar-refractivity contribution in [2.45, 2.75) is 24.7 Å². The second-order valence-corrected chi connectivity index (χ2v) is 9.88. The van der Waals surface area contributed by atoms with Gasteiger partial charge in [-0.25, -0.2) is 12.7 Å². The molecule has 0 saturated heterocycles. The van der Waals surface area contributed by atoms with Crippen LogP contribution >= 0.6 is 0 Å². The summed E-state index contributed by atoms with van der Waals surface area (Å²) >= 11 is 0. The molecular weight excluding hydrogens is 464 g/mol. The molecule has 1 N–H and O–H groups in total. The molecule has 0 aliphatic carbocycles. The van der Waals surface area contributed by atoms with Crippen molar-refractivity contribution < 1.29 is 37.0 Å². The summed E-state index contributed by atoms with van der Waals surface area (Å²) in [6.07, 6.45) is -0.292. The van der Waals surface area contributed by atoms with E-state index in [-0.39, 0.29) is 29.2 Å². The molecule has 1 amide bonds. The molecule has 1 aliphatic heterocycles. The third kappa shape index (κ3) is 6.12. The first-order valence-electron chi connectivity index (χ1n) is 10.5. The average molecular weight is 491 g/mol. The number of aryl methyl sites for hydroxylation is 1. The lowest BCUT2D eigenvalue weighted by atomic mass is 10.1. The SMILES string of the molecule is Cc1ccc(NC(=O)COC(=O)CCC(=O)c2ccc3c(c2)OCCO3)cc1S(=O)(=O)N(C)C. The van der Waals surface area contributed by atoms with E-state index in [1.807, 2.05) is 0 Å². The quantitative estimate of drug-likeness (QED) is 0.418. The van der Waals surface area contributed by atoms with Gasteiger partial charge in [-0.2, -0.15) is 0 Å². The van der Waals surface area contributed by atoms with Crippen molar-refractivity contribution in [3.05, 3.63) is 47.5 Å². The lowest BCUT2D eigenvalue weighted by Crippen LogP contribution is -2.24. The number of benzene rings is 2. The maximum atomic E-state index is 12.4. The van der Waals surface area contributed by atoms with Gasteiger partial charge >= 0.3 is 5.97 Å². The van der Waals surface area contributed by atoms with E-state index < -0.39 is 28.5 Å². The van der Waals surface area contributed by atoms with E-state index in [2.05, 4.69) is 5.32 Å². The molecule has 0 radical (unpaired) electrons. The van der Waals surface area contributed by atoms with Crippen molar-refractivity contribution in [2.24, 2.45) is 0 Å². The van der Waals surface area contributed by atoms with Crippen LogP contribution in [0.25, 0.3) is 0 Å². The van der Waals surface area contributed by atoms with Crippen molar-refractivity contribution in [1.29, 1.82) is 0 Å². The smallest absolute Gasteiger partial charge is 0.306 e. The summed E-state index contributed by atoms with van der Waals surface area (Å²) in [4.78, 5) is 36.6. The molecule has 0 unspecified atom stereocenters. The van der Waals surface area contributed by atoms with Crippen LogP contribution in [0, 0.1) is 6.92 Å². The van der Waals surface area contributed by atoms with Gasteiger partial charge in [-0.1, -0.05) is 6.07 Å². The number of rotatable bonds is 9. The van der Waals surface area contributed by atoms with Gasteiger partial charge in [0.15, 0.2) is 23.9 Å². The first kappa shape index (κ1) is 25.2. The fourth-order valence-electron chi connectivity index (χ4n) is 3.14. The van der Waals surface area contributed by atoms with Gasteiger partial charge in [-0.15, -0.1) is 0 Å². The maximum absolute atomic E-state index is 12.4. The van der Waals surface area contributed by atoms with Gasteiger partial charge in [-0.05, 0) is 42.8 Å². The number of hydrogen-bond acceptors (Lipinski definition) is 8. The van der Waals surface area contributed by atoms with E-state index in [9.17, 15) is 22.8 Å². The zero-order valence-corrected chi connectivity index (χ0v) is 19.9. The number of ether oxygens (including phenoxy) is 3. The summed E-state index contributed by atoms with van der Waals surface area (Å²) in [6.45, 7) is 1.92. The minimum absolute atomic E-state index is 0.0601. The molecule has 0 fully saturated rings. The molecule has 0 spiro atoms. The Bertz CT molecular complexity index is 1210. The number of nitrogens with zero attached hydrogens (tertiary/aromatic N) is 1. The molecule has 2 aromatic carbocycles. The Morgan fingerprint density at radius 2 is 1.71 bits per heavy atom. The highest BCUT2D eigenvalue weighted by atomic mass is 32.2. The summed E-state index contributed by atoms with van der Waals surface area (Å²) in [6, 6.07) is 9.28. The molecule has 11 heteroatoms. The highest BCUT2D eigenvalue weighted by molar-refractivity contribution is 7.89. The molecule has 0 aromatic heterocycles. The second-order valence-electron chi connectivity index (χ2n) is 7.76. The monoisotopic (exact) mass is 490 g/mol. The number of sulfonamides is 1. The van der Waals surface area contributed by atoms with E-state index in [4.69, 9.17) is 14.2 Å². The maximum Gasteiger partial charge on any atom is 0.306 e. The number of nitrogens with one attached hydrogen (secondary N) is 1. The van der Waals surface area contributed by atoms with Crippen LogP contribution < -0.4 is 14.8 Å². The number of ketones is 1. The van der Waals surface area contributed by atoms with Crippen LogP contribution in [0.2, 0.25) is 0 Å². The zero-order chi connectivity index (χ0) is 24.9. The zero-order valence-electron chi connectivity index (χ0n) is 19.1. The lowest BCUT2D eigenvalue weighted by Gasteiger charge is -2.18. The van der Waals surface area contributed by atoms with Crippen molar-refractivity contribution in [1.82, 2.24) is 4.31 Å². The van der Waals surface area contributed by atoms with Crippen LogP contribution in [-0.4, -0.2) is 64.3 Å². The first-order valence-corrected chi connectivity index (χ1v) is 11.9. The van der Waals surface area contributed by atoms with Crippen molar-refractivity contribution in [3.8, 4) is 11.5 Å². The second kappa shape index (κ2) is 10.7. The van der Waals surface area contributed by atoms with Crippen molar-refractivity contribution in [2.75, 3.05) is 39.2 Å². The van der Waals surface area contributed by atoms with E-state index >= 15 is 0 Å². The summed E-state index contributed by atoms with van der Waals surface area (Å²) < 4.78 is 41.7. The lowest BCUT2D eigenvalue weighted by molar-refractivity contribution is -0.147. The molecule has 1 heterocycles. The number of carbonyl (C=O) groups excluding carboxylic acids is 3. The fourth-order valence-corrected chi connectivity index (χ4v) is 4.29.